The summed E-state index contributed by atoms with van der Waals surface area (Å²) in [6.45, 7) is -0.344. The van der Waals surface area contributed by atoms with E-state index in [-0.39, 0.29) is 31.1 Å². The molecular formula is C12H11F3N2O2. The molecule has 1 aliphatic rings. The van der Waals surface area contributed by atoms with Crippen molar-refractivity contribution in [2.24, 2.45) is 0 Å². The second-order valence-corrected chi connectivity index (χ2v) is 4.09. The Morgan fingerprint density at radius 2 is 1.84 bits per heavy atom. The van der Waals surface area contributed by atoms with Crippen LogP contribution in [0.2, 0.25) is 0 Å². The maximum atomic E-state index is 12.9. The number of anilines is 1. The standard InChI is InChI=1S/C12H11F3N2O2/c13-12(14,15)8-3-1-2-4-9(8)17-6-5-10(18)16-7-11(17)19/h1-4H,5-7H2,(H,16,18). The first kappa shape index (κ1) is 13.4. The number of benzene rings is 1. The summed E-state index contributed by atoms with van der Waals surface area (Å²) in [7, 11) is 0. The lowest BCUT2D eigenvalue weighted by Crippen LogP contribution is -2.36. The van der Waals surface area contributed by atoms with Crippen molar-refractivity contribution in [3.8, 4) is 0 Å². The van der Waals surface area contributed by atoms with E-state index in [4.69, 9.17) is 0 Å². The number of para-hydroxylation sites is 1. The fourth-order valence-electron chi connectivity index (χ4n) is 1.90. The molecule has 7 heteroatoms. The zero-order valence-electron chi connectivity index (χ0n) is 9.83. The Balaban J connectivity index is 2.40. The van der Waals surface area contributed by atoms with Gasteiger partial charge >= 0.3 is 6.18 Å². The number of nitrogens with one attached hydrogen (secondary N) is 1. The Labute approximate surface area is 107 Å². The van der Waals surface area contributed by atoms with Crippen LogP contribution in [0.1, 0.15) is 12.0 Å². The third-order valence-corrected chi connectivity index (χ3v) is 2.80. The van der Waals surface area contributed by atoms with Gasteiger partial charge in [0, 0.05) is 13.0 Å². The van der Waals surface area contributed by atoms with Crippen LogP contribution in [0.3, 0.4) is 0 Å². The fourth-order valence-corrected chi connectivity index (χ4v) is 1.90. The smallest absolute Gasteiger partial charge is 0.347 e. The predicted molar refractivity (Wildman–Crippen MR) is 61.4 cm³/mol. The summed E-state index contributed by atoms with van der Waals surface area (Å²) in [5, 5.41) is 2.34. The minimum absolute atomic E-state index is 0.0159. The van der Waals surface area contributed by atoms with Crippen molar-refractivity contribution < 1.29 is 22.8 Å². The van der Waals surface area contributed by atoms with Crippen molar-refractivity contribution in [1.29, 1.82) is 0 Å². The molecule has 1 saturated heterocycles. The molecule has 102 valence electrons. The predicted octanol–water partition coefficient (Wildman–Crippen LogP) is 1.56. The van der Waals surface area contributed by atoms with Crippen molar-refractivity contribution in [1.82, 2.24) is 5.32 Å². The zero-order chi connectivity index (χ0) is 14.0. The summed E-state index contributed by atoms with van der Waals surface area (Å²) in [4.78, 5) is 24.0. The molecule has 19 heavy (non-hydrogen) atoms. The summed E-state index contributed by atoms with van der Waals surface area (Å²) >= 11 is 0. The van der Waals surface area contributed by atoms with Crippen molar-refractivity contribution in [2.75, 3.05) is 18.0 Å². The molecule has 4 nitrogen and oxygen atoms in total. The number of nitrogens with zero attached hydrogens (tertiary/aromatic N) is 1. The third-order valence-electron chi connectivity index (χ3n) is 2.80. The molecule has 2 amide bonds. The molecule has 1 aromatic rings. The number of hydrogen-bond acceptors (Lipinski definition) is 2. The van der Waals surface area contributed by atoms with Gasteiger partial charge in [0.2, 0.25) is 11.8 Å². The van der Waals surface area contributed by atoms with E-state index < -0.39 is 17.6 Å². The maximum Gasteiger partial charge on any atom is 0.418 e. The van der Waals surface area contributed by atoms with E-state index in [1.165, 1.54) is 18.2 Å². The largest absolute Gasteiger partial charge is 0.418 e. The quantitative estimate of drug-likeness (QED) is 0.843. The zero-order valence-corrected chi connectivity index (χ0v) is 9.83. The van der Waals surface area contributed by atoms with E-state index in [1.54, 1.807) is 0 Å². The minimum Gasteiger partial charge on any atom is -0.347 e. The number of rotatable bonds is 1. The molecule has 1 fully saturated rings. The van der Waals surface area contributed by atoms with E-state index in [0.717, 1.165) is 11.0 Å². The van der Waals surface area contributed by atoms with Gasteiger partial charge in [-0.15, -0.1) is 0 Å². The van der Waals surface area contributed by atoms with Crippen molar-refractivity contribution >= 4 is 17.5 Å². The fraction of sp³-hybridized carbons (Fsp3) is 0.333. The summed E-state index contributed by atoms with van der Waals surface area (Å²) < 4.78 is 38.7. The molecule has 1 N–H and O–H groups in total. The summed E-state index contributed by atoms with van der Waals surface area (Å²) in [6.07, 6.45) is -4.56. The number of alkyl halides is 3. The van der Waals surface area contributed by atoms with Crippen LogP contribution in [0.15, 0.2) is 24.3 Å². The molecule has 0 unspecified atom stereocenters. The second kappa shape index (κ2) is 4.91. The number of halogens is 3. The summed E-state index contributed by atoms with van der Waals surface area (Å²) in [5.74, 6) is -0.900. The molecular weight excluding hydrogens is 261 g/mol. The molecule has 0 spiro atoms. The van der Waals surface area contributed by atoms with Crippen LogP contribution < -0.4 is 10.2 Å². The topological polar surface area (TPSA) is 49.4 Å². The Bertz CT molecular complexity index is 514. The van der Waals surface area contributed by atoms with Gasteiger partial charge in [-0.2, -0.15) is 13.2 Å². The molecule has 2 rings (SSSR count). The Morgan fingerprint density at radius 1 is 1.16 bits per heavy atom. The van der Waals surface area contributed by atoms with Crippen LogP contribution in [0.25, 0.3) is 0 Å². The van der Waals surface area contributed by atoms with Gasteiger partial charge in [0.15, 0.2) is 0 Å². The Kier molecular flexibility index (Phi) is 3.46. The first-order valence-electron chi connectivity index (χ1n) is 5.63. The number of carbonyl (C=O) groups is 2. The van der Waals surface area contributed by atoms with Gasteiger partial charge in [0.25, 0.3) is 0 Å². The second-order valence-electron chi connectivity index (χ2n) is 4.09. The normalized spacial score (nSPS) is 17.1. The number of hydrogen-bond donors (Lipinski definition) is 1. The van der Waals surface area contributed by atoms with E-state index in [9.17, 15) is 22.8 Å². The minimum atomic E-state index is -4.54. The molecule has 1 aliphatic heterocycles. The van der Waals surface area contributed by atoms with Gasteiger partial charge in [-0.25, -0.2) is 0 Å². The highest BCUT2D eigenvalue weighted by Crippen LogP contribution is 2.36. The van der Waals surface area contributed by atoms with E-state index in [2.05, 4.69) is 5.32 Å². The average Bonchev–Trinajstić information content (AvgIpc) is 2.51. The van der Waals surface area contributed by atoms with Gasteiger partial charge in [-0.1, -0.05) is 12.1 Å². The molecule has 1 aromatic carbocycles. The van der Waals surface area contributed by atoms with Crippen molar-refractivity contribution in [2.45, 2.75) is 12.6 Å². The molecule has 0 radical (unpaired) electrons. The molecule has 0 aromatic heterocycles. The highest BCUT2D eigenvalue weighted by molar-refractivity contribution is 5.99. The van der Waals surface area contributed by atoms with Crippen molar-refractivity contribution in [3.63, 3.8) is 0 Å². The lowest BCUT2D eigenvalue weighted by atomic mass is 10.1. The molecule has 0 saturated carbocycles. The maximum absolute atomic E-state index is 12.9. The van der Waals surface area contributed by atoms with Crippen molar-refractivity contribution in [3.05, 3.63) is 29.8 Å². The lowest BCUT2D eigenvalue weighted by Gasteiger charge is -2.23. The van der Waals surface area contributed by atoms with Crippen LogP contribution in [-0.4, -0.2) is 24.9 Å². The Hall–Kier alpha value is -2.05. The van der Waals surface area contributed by atoms with E-state index in [1.807, 2.05) is 0 Å². The number of carbonyl (C=O) groups excluding carboxylic acids is 2. The van der Waals surface area contributed by atoms with E-state index >= 15 is 0 Å². The van der Waals surface area contributed by atoms with Crippen LogP contribution >= 0.6 is 0 Å². The average molecular weight is 272 g/mol. The van der Waals surface area contributed by atoms with Gasteiger partial charge in [-0.3, -0.25) is 9.59 Å². The number of amides is 2. The van der Waals surface area contributed by atoms with E-state index in [0.29, 0.717) is 0 Å². The van der Waals surface area contributed by atoms with Crippen LogP contribution in [0.4, 0.5) is 18.9 Å². The van der Waals surface area contributed by atoms with Gasteiger partial charge in [0.05, 0.1) is 17.8 Å². The highest BCUT2D eigenvalue weighted by atomic mass is 19.4. The first-order valence-corrected chi connectivity index (χ1v) is 5.63. The van der Waals surface area contributed by atoms with Gasteiger partial charge < -0.3 is 10.2 Å². The summed E-state index contributed by atoms with van der Waals surface area (Å²) in [5.41, 5.74) is -1.09. The van der Waals surface area contributed by atoms with Gasteiger partial charge in [0.1, 0.15) is 0 Å². The Morgan fingerprint density at radius 3 is 2.53 bits per heavy atom. The third kappa shape index (κ3) is 2.86. The monoisotopic (exact) mass is 272 g/mol. The molecule has 1 heterocycles. The summed E-state index contributed by atoms with van der Waals surface area (Å²) in [6, 6.07) is 4.84. The molecule has 0 atom stereocenters. The lowest BCUT2D eigenvalue weighted by molar-refractivity contribution is -0.137. The molecule has 0 bridgehead atoms. The highest BCUT2D eigenvalue weighted by Gasteiger charge is 2.36. The molecule has 0 aliphatic carbocycles. The first-order chi connectivity index (χ1) is 8.89. The van der Waals surface area contributed by atoms with Crippen LogP contribution in [-0.2, 0) is 15.8 Å². The SMILES string of the molecule is O=C1CCN(c2ccccc2C(F)(F)F)C(=O)CN1. The van der Waals surface area contributed by atoms with Crippen LogP contribution in [0, 0.1) is 0 Å². The van der Waals surface area contributed by atoms with Crippen LogP contribution in [0.5, 0.6) is 0 Å². The van der Waals surface area contributed by atoms with Gasteiger partial charge in [-0.05, 0) is 12.1 Å².